The zero-order valence-electron chi connectivity index (χ0n) is 13.7. The number of hydrogen-bond donors (Lipinski definition) is 1. The van der Waals surface area contributed by atoms with Crippen LogP contribution in [0.15, 0.2) is 66.7 Å². The summed E-state index contributed by atoms with van der Waals surface area (Å²) in [5.41, 5.74) is 1.09. The Morgan fingerprint density at radius 1 is 0.923 bits per heavy atom. The number of carboxylic acid groups (broad SMARTS) is 1. The van der Waals surface area contributed by atoms with Crippen molar-refractivity contribution in [3.8, 4) is 16.9 Å². The molecule has 26 heavy (non-hydrogen) atoms. The summed E-state index contributed by atoms with van der Waals surface area (Å²) in [5.74, 6) is -0.997. The number of nitrogens with zero attached hydrogens (tertiary/aromatic N) is 1. The summed E-state index contributed by atoms with van der Waals surface area (Å²) in [5, 5.41) is 8.95. The molecule has 0 aliphatic heterocycles. The Balaban J connectivity index is 2.22. The fraction of sp³-hybridized carbons (Fsp3) is 0.150. The quantitative estimate of drug-likeness (QED) is 0.682. The van der Waals surface area contributed by atoms with Crippen molar-refractivity contribution in [3.63, 3.8) is 0 Å². The molecule has 0 spiro atoms. The summed E-state index contributed by atoms with van der Waals surface area (Å²) < 4.78 is 42.0. The molecule has 1 aromatic heterocycles. The Hall–Kier alpha value is -3.02. The minimum Gasteiger partial charge on any atom is -0.481 e. The summed E-state index contributed by atoms with van der Waals surface area (Å²) in [6.07, 6.45) is -4.54. The highest BCUT2D eigenvalue weighted by Gasteiger charge is 2.34. The maximum absolute atomic E-state index is 13.5. The summed E-state index contributed by atoms with van der Waals surface area (Å²) in [4.78, 5) is 10.9. The summed E-state index contributed by atoms with van der Waals surface area (Å²) >= 11 is 0. The van der Waals surface area contributed by atoms with Gasteiger partial charge in [0.05, 0.1) is 23.4 Å². The highest BCUT2D eigenvalue weighted by atomic mass is 19.4. The first-order chi connectivity index (χ1) is 12.4. The normalized spacial score (nSPS) is 11.5. The van der Waals surface area contributed by atoms with E-state index in [2.05, 4.69) is 0 Å². The van der Waals surface area contributed by atoms with Gasteiger partial charge in [0.25, 0.3) is 0 Å². The average Bonchev–Trinajstić information content (AvgIpc) is 3.04. The van der Waals surface area contributed by atoms with Crippen LogP contribution in [0, 0.1) is 0 Å². The van der Waals surface area contributed by atoms with E-state index in [4.69, 9.17) is 5.11 Å². The molecule has 0 atom stereocenters. The summed E-state index contributed by atoms with van der Waals surface area (Å²) in [6, 6.07) is 17.8. The number of carboxylic acids is 1. The van der Waals surface area contributed by atoms with Crippen molar-refractivity contribution in [2.24, 2.45) is 0 Å². The standard InChI is InChI=1S/C20H16F3NO2/c21-20(22,23)16-8-4-5-9-18(16)24-15(11-13-19(25)26)10-12-17(24)14-6-2-1-3-7-14/h1-10,12H,11,13H2,(H,25,26). The van der Waals surface area contributed by atoms with Crippen molar-refractivity contribution >= 4 is 5.97 Å². The molecule has 0 bridgehead atoms. The second-order valence-corrected chi connectivity index (χ2v) is 5.82. The Morgan fingerprint density at radius 2 is 1.58 bits per heavy atom. The lowest BCUT2D eigenvalue weighted by Gasteiger charge is -2.19. The Kier molecular flexibility index (Phi) is 4.84. The van der Waals surface area contributed by atoms with E-state index < -0.39 is 17.7 Å². The van der Waals surface area contributed by atoms with Gasteiger partial charge in [-0.25, -0.2) is 0 Å². The van der Waals surface area contributed by atoms with Crippen LogP contribution in [-0.2, 0) is 17.4 Å². The molecule has 6 heteroatoms. The molecule has 0 fully saturated rings. The second-order valence-electron chi connectivity index (χ2n) is 5.82. The average molecular weight is 359 g/mol. The smallest absolute Gasteiger partial charge is 0.418 e. The van der Waals surface area contributed by atoms with Crippen LogP contribution in [0.1, 0.15) is 17.7 Å². The third kappa shape index (κ3) is 3.64. The van der Waals surface area contributed by atoms with Crippen LogP contribution in [0.4, 0.5) is 13.2 Å². The molecule has 3 nitrogen and oxygen atoms in total. The number of halogens is 3. The first kappa shape index (κ1) is 17.8. The fourth-order valence-corrected chi connectivity index (χ4v) is 2.94. The molecule has 0 saturated heterocycles. The van der Waals surface area contributed by atoms with Crippen LogP contribution in [0.25, 0.3) is 16.9 Å². The Labute approximate surface area is 148 Å². The maximum atomic E-state index is 13.5. The van der Waals surface area contributed by atoms with Crippen molar-refractivity contribution in [2.75, 3.05) is 0 Å². The van der Waals surface area contributed by atoms with Crippen molar-refractivity contribution in [1.29, 1.82) is 0 Å². The first-order valence-corrected chi connectivity index (χ1v) is 8.02. The third-order valence-corrected chi connectivity index (χ3v) is 4.08. The van der Waals surface area contributed by atoms with E-state index in [9.17, 15) is 18.0 Å². The molecule has 0 aliphatic carbocycles. The lowest BCUT2D eigenvalue weighted by Crippen LogP contribution is -2.13. The zero-order valence-corrected chi connectivity index (χ0v) is 13.7. The topological polar surface area (TPSA) is 42.2 Å². The molecule has 0 radical (unpaired) electrons. The van der Waals surface area contributed by atoms with E-state index in [0.29, 0.717) is 11.4 Å². The Bertz CT molecular complexity index is 914. The fourth-order valence-electron chi connectivity index (χ4n) is 2.94. The third-order valence-electron chi connectivity index (χ3n) is 4.08. The Morgan fingerprint density at radius 3 is 2.23 bits per heavy atom. The van der Waals surface area contributed by atoms with Crippen molar-refractivity contribution < 1.29 is 23.1 Å². The van der Waals surface area contributed by atoms with Crippen LogP contribution in [0.3, 0.4) is 0 Å². The molecule has 0 amide bonds. The van der Waals surface area contributed by atoms with Gasteiger partial charge in [-0.1, -0.05) is 42.5 Å². The molecular weight excluding hydrogens is 343 g/mol. The molecule has 0 saturated carbocycles. The number of aliphatic carboxylic acids is 1. The number of benzene rings is 2. The van der Waals surface area contributed by atoms with Crippen LogP contribution in [0.5, 0.6) is 0 Å². The predicted molar refractivity (Wildman–Crippen MR) is 92.2 cm³/mol. The van der Waals surface area contributed by atoms with Crippen LogP contribution < -0.4 is 0 Å². The van der Waals surface area contributed by atoms with Gasteiger partial charge in [0.1, 0.15) is 0 Å². The van der Waals surface area contributed by atoms with Gasteiger partial charge in [-0.15, -0.1) is 0 Å². The van der Waals surface area contributed by atoms with Gasteiger partial charge in [0.15, 0.2) is 0 Å². The predicted octanol–water partition coefficient (Wildman–Crippen LogP) is 5.18. The van der Waals surface area contributed by atoms with Gasteiger partial charge in [0, 0.05) is 5.69 Å². The van der Waals surface area contributed by atoms with E-state index in [1.54, 1.807) is 30.3 Å². The van der Waals surface area contributed by atoms with Gasteiger partial charge >= 0.3 is 12.1 Å². The summed E-state index contributed by atoms with van der Waals surface area (Å²) in [7, 11) is 0. The highest BCUT2D eigenvalue weighted by molar-refractivity contribution is 5.68. The molecule has 3 rings (SSSR count). The highest BCUT2D eigenvalue weighted by Crippen LogP contribution is 2.37. The van der Waals surface area contributed by atoms with Crippen molar-refractivity contribution in [2.45, 2.75) is 19.0 Å². The van der Waals surface area contributed by atoms with Crippen molar-refractivity contribution in [3.05, 3.63) is 78.0 Å². The number of para-hydroxylation sites is 1. The summed E-state index contributed by atoms with van der Waals surface area (Å²) in [6.45, 7) is 0. The van der Waals surface area contributed by atoms with Gasteiger partial charge in [-0.2, -0.15) is 13.2 Å². The molecular formula is C20H16F3NO2. The minimum atomic E-state index is -4.51. The number of rotatable bonds is 5. The minimum absolute atomic E-state index is 0.00996. The van der Waals surface area contributed by atoms with E-state index >= 15 is 0 Å². The molecule has 1 N–H and O–H groups in total. The lowest BCUT2D eigenvalue weighted by atomic mass is 10.1. The van der Waals surface area contributed by atoms with Crippen molar-refractivity contribution in [1.82, 2.24) is 4.57 Å². The number of alkyl halides is 3. The first-order valence-electron chi connectivity index (χ1n) is 8.02. The number of aryl methyl sites for hydroxylation is 1. The largest absolute Gasteiger partial charge is 0.481 e. The molecule has 3 aromatic rings. The van der Waals surface area contributed by atoms with Gasteiger partial charge < -0.3 is 9.67 Å². The molecule has 0 unspecified atom stereocenters. The van der Waals surface area contributed by atoms with Crippen LogP contribution in [0.2, 0.25) is 0 Å². The van der Waals surface area contributed by atoms with Crippen LogP contribution in [-0.4, -0.2) is 15.6 Å². The SMILES string of the molecule is O=C(O)CCc1ccc(-c2ccccc2)n1-c1ccccc1C(F)(F)F. The van der Waals surface area contributed by atoms with E-state index in [1.165, 1.54) is 16.7 Å². The van der Waals surface area contributed by atoms with Gasteiger partial charge in [-0.3, -0.25) is 4.79 Å². The van der Waals surface area contributed by atoms with E-state index in [-0.39, 0.29) is 18.5 Å². The van der Waals surface area contributed by atoms with E-state index in [1.807, 2.05) is 18.2 Å². The number of aromatic nitrogens is 1. The molecule has 0 aliphatic rings. The van der Waals surface area contributed by atoms with Gasteiger partial charge in [-0.05, 0) is 36.2 Å². The second kappa shape index (κ2) is 7.07. The number of carbonyl (C=O) groups is 1. The van der Waals surface area contributed by atoms with E-state index in [0.717, 1.165) is 11.6 Å². The zero-order chi connectivity index (χ0) is 18.7. The molecule has 2 aromatic carbocycles. The monoisotopic (exact) mass is 359 g/mol. The van der Waals surface area contributed by atoms with Gasteiger partial charge in [0.2, 0.25) is 0 Å². The maximum Gasteiger partial charge on any atom is 0.418 e. The molecule has 1 heterocycles. The molecule has 134 valence electrons. The lowest BCUT2D eigenvalue weighted by molar-refractivity contribution is -0.138. The van der Waals surface area contributed by atoms with Crippen LogP contribution >= 0.6 is 0 Å². The number of hydrogen-bond acceptors (Lipinski definition) is 1.